The summed E-state index contributed by atoms with van der Waals surface area (Å²) in [5.41, 5.74) is 0.293. The highest BCUT2D eigenvalue weighted by Gasteiger charge is 2.27. The summed E-state index contributed by atoms with van der Waals surface area (Å²) >= 11 is 0. The molecule has 8 nitrogen and oxygen atoms in total. The maximum atomic E-state index is 12.7. The largest absolute Gasteiger partial charge is 0.467 e. The summed E-state index contributed by atoms with van der Waals surface area (Å²) in [5, 5.41) is 10.6. The quantitative estimate of drug-likeness (QED) is 0.684. The first-order valence-electron chi connectivity index (χ1n) is 9.66. The zero-order chi connectivity index (χ0) is 20.2. The third-order valence-electron chi connectivity index (χ3n) is 5.33. The molecule has 3 heterocycles. The fourth-order valence-corrected chi connectivity index (χ4v) is 3.68. The molecule has 1 aromatic carbocycles. The van der Waals surface area contributed by atoms with E-state index in [1.54, 1.807) is 35.4 Å². The molecule has 150 valence electrons. The van der Waals surface area contributed by atoms with Gasteiger partial charge in [0.05, 0.1) is 30.3 Å². The maximum Gasteiger partial charge on any atom is 0.272 e. The van der Waals surface area contributed by atoms with Crippen LogP contribution < -0.4 is 10.9 Å². The topological polar surface area (TPSA) is 108 Å². The van der Waals surface area contributed by atoms with Crippen molar-refractivity contribution in [3.05, 3.63) is 64.5 Å². The van der Waals surface area contributed by atoms with Crippen LogP contribution in [0.25, 0.3) is 10.8 Å². The number of benzene rings is 1. The molecule has 0 saturated carbocycles. The number of aromatic amines is 1. The van der Waals surface area contributed by atoms with Gasteiger partial charge in [0, 0.05) is 24.4 Å². The van der Waals surface area contributed by atoms with Crippen LogP contribution in [0, 0.1) is 5.92 Å². The molecule has 8 heteroatoms. The van der Waals surface area contributed by atoms with Crippen molar-refractivity contribution in [2.75, 3.05) is 13.1 Å². The van der Waals surface area contributed by atoms with Crippen LogP contribution in [0.3, 0.4) is 0 Å². The number of hydrogen-bond donors (Lipinski definition) is 2. The minimum atomic E-state index is -0.266. The zero-order valence-corrected chi connectivity index (χ0v) is 15.9. The molecule has 1 aliphatic rings. The first-order chi connectivity index (χ1) is 14.1. The Labute approximate surface area is 166 Å². The highest BCUT2D eigenvalue weighted by molar-refractivity contribution is 5.88. The molecule has 0 radical (unpaired) electrons. The van der Waals surface area contributed by atoms with Gasteiger partial charge >= 0.3 is 0 Å². The standard InChI is InChI=1S/C21H22N4O4/c26-19(12-18-16-5-1-2-6-17(16)21(28)24-23-18)25-9-7-14(8-10-25)20(27)22-13-15-4-3-11-29-15/h1-6,11,14H,7-10,12-13H2,(H,22,27)(H,24,28). The Bertz CT molecular complexity index is 1070. The van der Waals surface area contributed by atoms with Crippen LogP contribution in [0.15, 0.2) is 51.9 Å². The van der Waals surface area contributed by atoms with Gasteiger partial charge in [0.2, 0.25) is 11.8 Å². The van der Waals surface area contributed by atoms with E-state index in [2.05, 4.69) is 15.5 Å². The Kier molecular flexibility index (Phi) is 5.41. The fourth-order valence-electron chi connectivity index (χ4n) is 3.68. The highest BCUT2D eigenvalue weighted by atomic mass is 16.3. The van der Waals surface area contributed by atoms with Gasteiger partial charge in [0.15, 0.2) is 0 Å². The fraction of sp³-hybridized carbons (Fsp3) is 0.333. The third kappa shape index (κ3) is 4.21. The van der Waals surface area contributed by atoms with E-state index in [4.69, 9.17) is 4.42 Å². The van der Waals surface area contributed by atoms with Crippen LogP contribution in [-0.2, 0) is 22.6 Å². The van der Waals surface area contributed by atoms with Gasteiger partial charge in [-0.15, -0.1) is 0 Å². The van der Waals surface area contributed by atoms with Crippen molar-refractivity contribution in [1.29, 1.82) is 0 Å². The molecule has 2 N–H and O–H groups in total. The van der Waals surface area contributed by atoms with Crippen LogP contribution in [0.1, 0.15) is 24.3 Å². The second-order valence-electron chi connectivity index (χ2n) is 7.17. The predicted molar refractivity (Wildman–Crippen MR) is 106 cm³/mol. The number of hydrogen-bond acceptors (Lipinski definition) is 5. The van der Waals surface area contributed by atoms with Gasteiger partial charge in [-0.05, 0) is 31.0 Å². The van der Waals surface area contributed by atoms with Crippen LogP contribution in [-0.4, -0.2) is 40.0 Å². The van der Waals surface area contributed by atoms with Gasteiger partial charge in [-0.3, -0.25) is 14.4 Å². The Morgan fingerprint density at radius 2 is 1.90 bits per heavy atom. The van der Waals surface area contributed by atoms with Gasteiger partial charge in [0.25, 0.3) is 5.56 Å². The molecule has 3 aromatic rings. The average Bonchev–Trinajstić information content (AvgIpc) is 3.28. The molecule has 0 bridgehead atoms. The van der Waals surface area contributed by atoms with Gasteiger partial charge in [-0.2, -0.15) is 5.10 Å². The lowest BCUT2D eigenvalue weighted by Crippen LogP contribution is -2.43. The maximum absolute atomic E-state index is 12.7. The van der Waals surface area contributed by atoms with Gasteiger partial charge in [-0.1, -0.05) is 18.2 Å². The number of piperidine rings is 1. The number of carbonyl (C=O) groups excluding carboxylic acids is 2. The van der Waals surface area contributed by atoms with Crippen LogP contribution >= 0.6 is 0 Å². The third-order valence-corrected chi connectivity index (χ3v) is 5.33. The molecule has 2 amide bonds. The SMILES string of the molecule is O=C(NCc1ccco1)C1CCN(C(=O)Cc2n[nH]c(=O)c3ccccc23)CC1. The molecular weight excluding hydrogens is 372 g/mol. The van der Waals surface area contributed by atoms with E-state index < -0.39 is 0 Å². The Morgan fingerprint density at radius 3 is 2.62 bits per heavy atom. The molecule has 0 aliphatic carbocycles. The smallest absolute Gasteiger partial charge is 0.272 e. The van der Waals surface area contributed by atoms with Crippen molar-refractivity contribution < 1.29 is 14.0 Å². The number of amides is 2. The lowest BCUT2D eigenvalue weighted by atomic mass is 9.95. The number of aromatic nitrogens is 2. The highest BCUT2D eigenvalue weighted by Crippen LogP contribution is 2.20. The minimum absolute atomic E-state index is 0.0122. The molecule has 0 atom stereocenters. The van der Waals surface area contributed by atoms with Gasteiger partial charge in [0.1, 0.15) is 5.76 Å². The summed E-state index contributed by atoms with van der Waals surface area (Å²) in [6.45, 7) is 1.42. The van der Waals surface area contributed by atoms with Crippen LogP contribution in [0.4, 0.5) is 0 Å². The molecule has 0 spiro atoms. The number of fused-ring (bicyclic) bond motifs is 1. The molecule has 0 unspecified atom stereocenters. The number of carbonyl (C=O) groups is 2. The van der Waals surface area contributed by atoms with E-state index in [0.717, 1.165) is 0 Å². The second kappa shape index (κ2) is 8.30. The molecule has 4 rings (SSSR count). The number of nitrogens with one attached hydrogen (secondary N) is 2. The van der Waals surface area contributed by atoms with E-state index in [0.29, 0.717) is 54.7 Å². The minimum Gasteiger partial charge on any atom is -0.467 e. The van der Waals surface area contributed by atoms with Crippen LogP contribution in [0.2, 0.25) is 0 Å². The molecule has 1 saturated heterocycles. The summed E-state index contributed by atoms with van der Waals surface area (Å²) < 4.78 is 5.22. The summed E-state index contributed by atoms with van der Waals surface area (Å²) in [6.07, 6.45) is 2.93. The predicted octanol–water partition coefficient (Wildman–Crippen LogP) is 1.61. The summed E-state index contributed by atoms with van der Waals surface area (Å²) in [6, 6.07) is 10.7. The Balaban J connectivity index is 1.33. The lowest BCUT2D eigenvalue weighted by Gasteiger charge is -2.31. The Morgan fingerprint density at radius 1 is 1.14 bits per heavy atom. The average molecular weight is 394 g/mol. The lowest BCUT2D eigenvalue weighted by molar-refractivity contribution is -0.135. The van der Waals surface area contributed by atoms with E-state index in [-0.39, 0.29) is 29.7 Å². The normalized spacial score (nSPS) is 14.8. The molecular formula is C21H22N4O4. The van der Waals surface area contributed by atoms with Crippen molar-refractivity contribution in [3.8, 4) is 0 Å². The van der Waals surface area contributed by atoms with Crippen molar-refractivity contribution in [2.24, 2.45) is 5.92 Å². The summed E-state index contributed by atoms with van der Waals surface area (Å²) in [7, 11) is 0. The van der Waals surface area contributed by atoms with Crippen molar-refractivity contribution in [2.45, 2.75) is 25.8 Å². The van der Waals surface area contributed by atoms with Gasteiger partial charge in [-0.25, -0.2) is 5.10 Å². The van der Waals surface area contributed by atoms with Crippen molar-refractivity contribution in [1.82, 2.24) is 20.4 Å². The zero-order valence-electron chi connectivity index (χ0n) is 15.9. The molecule has 2 aromatic heterocycles. The second-order valence-corrected chi connectivity index (χ2v) is 7.17. The first-order valence-corrected chi connectivity index (χ1v) is 9.66. The number of nitrogens with zero attached hydrogens (tertiary/aromatic N) is 2. The molecule has 29 heavy (non-hydrogen) atoms. The summed E-state index contributed by atoms with van der Waals surface area (Å²) in [5.74, 6) is 0.540. The van der Waals surface area contributed by atoms with E-state index in [1.807, 2.05) is 12.1 Å². The number of rotatable bonds is 5. The molecule has 1 fully saturated rings. The van der Waals surface area contributed by atoms with Crippen LogP contribution in [0.5, 0.6) is 0 Å². The monoisotopic (exact) mass is 394 g/mol. The van der Waals surface area contributed by atoms with Crippen molar-refractivity contribution >= 4 is 22.6 Å². The van der Waals surface area contributed by atoms with Crippen molar-refractivity contribution in [3.63, 3.8) is 0 Å². The first kappa shape index (κ1) is 18.9. The van der Waals surface area contributed by atoms with Gasteiger partial charge < -0.3 is 14.6 Å². The Hall–Kier alpha value is -3.42. The molecule has 1 aliphatic heterocycles. The number of likely N-dealkylation sites (tertiary alicyclic amines) is 1. The number of H-pyrrole nitrogens is 1. The van der Waals surface area contributed by atoms with E-state index >= 15 is 0 Å². The summed E-state index contributed by atoms with van der Waals surface area (Å²) in [4.78, 5) is 38.7. The van der Waals surface area contributed by atoms with E-state index in [9.17, 15) is 14.4 Å². The van der Waals surface area contributed by atoms with E-state index in [1.165, 1.54) is 0 Å². The number of furan rings is 1.